The van der Waals surface area contributed by atoms with Crippen LogP contribution < -0.4 is 4.74 Å². The van der Waals surface area contributed by atoms with Gasteiger partial charge in [0.1, 0.15) is 5.75 Å². The van der Waals surface area contributed by atoms with Crippen LogP contribution in [-0.2, 0) is 5.41 Å². The Labute approximate surface area is 103 Å². The summed E-state index contributed by atoms with van der Waals surface area (Å²) >= 11 is 0. The quantitative estimate of drug-likeness (QED) is 0.692. The molecule has 0 spiro atoms. The number of ether oxygens (including phenoxy) is 1. The van der Waals surface area contributed by atoms with E-state index in [1.165, 1.54) is 0 Å². The molecular formula is C15H20O2. The average molecular weight is 232 g/mol. The van der Waals surface area contributed by atoms with E-state index in [1.54, 1.807) is 0 Å². The molecule has 0 amide bonds. The first kappa shape index (κ1) is 12.2. The molecule has 0 N–H and O–H groups in total. The van der Waals surface area contributed by atoms with Crippen molar-refractivity contribution < 1.29 is 9.53 Å². The monoisotopic (exact) mass is 232 g/mol. The van der Waals surface area contributed by atoms with Crippen LogP contribution in [0.5, 0.6) is 5.75 Å². The van der Waals surface area contributed by atoms with Crippen LogP contribution in [-0.4, -0.2) is 12.4 Å². The highest BCUT2D eigenvalue weighted by molar-refractivity contribution is 6.00. The average Bonchev–Trinajstić information content (AvgIpc) is 2.52. The van der Waals surface area contributed by atoms with Gasteiger partial charge in [0.2, 0.25) is 0 Å². The largest absolute Gasteiger partial charge is 0.492 e. The minimum Gasteiger partial charge on any atom is -0.492 e. The normalized spacial score (nSPS) is 17.5. The molecule has 0 aromatic heterocycles. The molecular weight excluding hydrogens is 212 g/mol. The Morgan fingerprint density at radius 3 is 2.53 bits per heavy atom. The fourth-order valence-corrected chi connectivity index (χ4v) is 2.09. The second-order valence-corrected chi connectivity index (χ2v) is 6.46. The number of carbonyl (C=O) groups excluding carboxylic acids is 1. The number of hydrogen-bond acceptors (Lipinski definition) is 2. The second kappa shape index (κ2) is 3.59. The van der Waals surface area contributed by atoms with E-state index in [2.05, 4.69) is 13.8 Å². The van der Waals surface area contributed by atoms with Gasteiger partial charge in [-0.3, -0.25) is 4.79 Å². The maximum atomic E-state index is 12.2. The number of rotatable bonds is 1. The highest BCUT2D eigenvalue weighted by atomic mass is 16.5. The van der Waals surface area contributed by atoms with Crippen molar-refractivity contribution in [3.8, 4) is 5.75 Å². The van der Waals surface area contributed by atoms with Crippen LogP contribution in [0.15, 0.2) is 18.2 Å². The third-order valence-corrected chi connectivity index (χ3v) is 3.24. The zero-order chi connectivity index (χ0) is 12.8. The van der Waals surface area contributed by atoms with Crippen molar-refractivity contribution in [1.29, 1.82) is 0 Å². The molecule has 0 unspecified atom stereocenters. The lowest BCUT2D eigenvalue weighted by atomic mass is 9.82. The lowest BCUT2D eigenvalue weighted by Crippen LogP contribution is -2.22. The fraction of sp³-hybridized carbons (Fsp3) is 0.533. The van der Waals surface area contributed by atoms with Gasteiger partial charge in [-0.05, 0) is 18.2 Å². The van der Waals surface area contributed by atoms with Gasteiger partial charge in [-0.15, -0.1) is 0 Å². The second-order valence-electron chi connectivity index (χ2n) is 6.46. The number of benzene rings is 1. The molecule has 0 aliphatic carbocycles. The molecule has 2 heteroatoms. The van der Waals surface area contributed by atoms with Crippen molar-refractivity contribution in [3.05, 3.63) is 29.3 Å². The van der Waals surface area contributed by atoms with Gasteiger partial charge >= 0.3 is 0 Å². The zero-order valence-electron chi connectivity index (χ0n) is 11.3. The van der Waals surface area contributed by atoms with Crippen molar-refractivity contribution in [1.82, 2.24) is 0 Å². The predicted octanol–water partition coefficient (Wildman–Crippen LogP) is 3.59. The third kappa shape index (κ3) is 2.08. The van der Waals surface area contributed by atoms with Crippen LogP contribution in [0.2, 0.25) is 0 Å². The molecule has 1 aliphatic heterocycles. The first-order valence-corrected chi connectivity index (χ1v) is 6.04. The van der Waals surface area contributed by atoms with E-state index < -0.39 is 0 Å². The molecule has 0 radical (unpaired) electrons. The summed E-state index contributed by atoms with van der Waals surface area (Å²) in [5.74, 6) is 1.10. The third-order valence-electron chi connectivity index (χ3n) is 3.24. The Kier molecular flexibility index (Phi) is 2.57. The highest BCUT2D eigenvalue weighted by Crippen LogP contribution is 2.39. The van der Waals surface area contributed by atoms with Crippen LogP contribution in [0.25, 0.3) is 0 Å². The molecule has 0 saturated heterocycles. The van der Waals surface area contributed by atoms with E-state index in [0.717, 1.165) is 16.9 Å². The Balaban J connectivity index is 2.45. The van der Waals surface area contributed by atoms with Gasteiger partial charge in [0.15, 0.2) is 5.78 Å². The van der Waals surface area contributed by atoms with Gasteiger partial charge in [-0.1, -0.05) is 34.6 Å². The smallest absolute Gasteiger partial charge is 0.168 e. The van der Waals surface area contributed by atoms with Crippen LogP contribution in [0.1, 0.15) is 50.5 Å². The molecule has 0 atom stereocenters. The summed E-state index contributed by atoms with van der Waals surface area (Å²) in [5, 5.41) is 0. The van der Waals surface area contributed by atoms with Crippen molar-refractivity contribution >= 4 is 5.78 Å². The zero-order valence-corrected chi connectivity index (χ0v) is 11.3. The highest BCUT2D eigenvalue weighted by Gasteiger charge is 2.33. The summed E-state index contributed by atoms with van der Waals surface area (Å²) in [4.78, 5) is 12.2. The first-order valence-electron chi connectivity index (χ1n) is 6.04. The minimum atomic E-state index is -0.335. The summed E-state index contributed by atoms with van der Waals surface area (Å²) < 4.78 is 5.62. The van der Waals surface area contributed by atoms with Gasteiger partial charge in [0.05, 0.1) is 6.61 Å². The van der Waals surface area contributed by atoms with Crippen LogP contribution in [0, 0.1) is 5.41 Å². The lowest BCUT2D eigenvalue weighted by Gasteiger charge is -2.19. The molecule has 17 heavy (non-hydrogen) atoms. The molecule has 1 aromatic rings. The van der Waals surface area contributed by atoms with Crippen LogP contribution in [0.4, 0.5) is 0 Å². The number of carbonyl (C=O) groups is 1. The van der Waals surface area contributed by atoms with Gasteiger partial charge in [0.25, 0.3) is 0 Å². The minimum absolute atomic E-state index is 0.00348. The Hall–Kier alpha value is -1.31. The molecule has 1 aromatic carbocycles. The van der Waals surface area contributed by atoms with E-state index in [4.69, 9.17) is 4.74 Å². The number of fused-ring (bicyclic) bond motifs is 1. The topological polar surface area (TPSA) is 26.3 Å². The summed E-state index contributed by atoms with van der Waals surface area (Å²) in [6.07, 6.45) is 0. The van der Waals surface area contributed by atoms with E-state index in [-0.39, 0.29) is 16.6 Å². The van der Waals surface area contributed by atoms with E-state index in [9.17, 15) is 4.79 Å². The Bertz CT molecular complexity index is 464. The molecule has 2 nitrogen and oxygen atoms in total. The molecule has 2 rings (SSSR count). The Morgan fingerprint density at radius 1 is 1.29 bits per heavy atom. The molecule has 0 fully saturated rings. The molecule has 92 valence electrons. The SMILES string of the molecule is CC(C)(C)C(=O)c1ccc2c(c1)C(C)(C)CO2. The summed E-state index contributed by atoms with van der Waals surface area (Å²) in [7, 11) is 0. The predicted molar refractivity (Wildman–Crippen MR) is 68.7 cm³/mol. The van der Waals surface area contributed by atoms with E-state index in [1.807, 2.05) is 39.0 Å². The standard InChI is InChI=1S/C15H20O2/c1-14(2,3)13(16)10-6-7-12-11(8-10)15(4,5)9-17-12/h6-8H,9H2,1-5H3. The van der Waals surface area contributed by atoms with Crippen LogP contribution >= 0.6 is 0 Å². The van der Waals surface area contributed by atoms with E-state index in [0.29, 0.717) is 6.61 Å². The van der Waals surface area contributed by atoms with Gasteiger partial charge in [-0.2, -0.15) is 0 Å². The van der Waals surface area contributed by atoms with Gasteiger partial charge in [0, 0.05) is 22.0 Å². The molecule has 1 aliphatic rings. The van der Waals surface area contributed by atoms with Crippen molar-refractivity contribution in [2.24, 2.45) is 5.41 Å². The Morgan fingerprint density at radius 2 is 1.94 bits per heavy atom. The van der Waals surface area contributed by atoms with E-state index >= 15 is 0 Å². The maximum Gasteiger partial charge on any atom is 0.168 e. The van der Waals surface area contributed by atoms with Crippen LogP contribution in [0.3, 0.4) is 0 Å². The van der Waals surface area contributed by atoms with Crippen molar-refractivity contribution in [2.45, 2.75) is 40.0 Å². The molecule has 0 saturated carbocycles. The molecule has 1 heterocycles. The number of hydrogen-bond donors (Lipinski definition) is 0. The number of Topliss-reactive ketones (excluding diaryl/α,β-unsaturated/α-hetero) is 1. The van der Waals surface area contributed by atoms with Gasteiger partial charge < -0.3 is 4.74 Å². The molecule has 0 bridgehead atoms. The summed E-state index contributed by atoms with van der Waals surface area (Å²) in [6.45, 7) is 10.8. The fourth-order valence-electron chi connectivity index (χ4n) is 2.09. The maximum absolute atomic E-state index is 12.2. The lowest BCUT2D eigenvalue weighted by molar-refractivity contribution is 0.0858. The summed E-state index contributed by atoms with van der Waals surface area (Å²) in [5.41, 5.74) is 1.60. The van der Waals surface area contributed by atoms with Crippen molar-refractivity contribution in [3.63, 3.8) is 0 Å². The summed E-state index contributed by atoms with van der Waals surface area (Å²) in [6, 6.07) is 5.78. The van der Waals surface area contributed by atoms with Gasteiger partial charge in [-0.25, -0.2) is 0 Å². The van der Waals surface area contributed by atoms with Crippen molar-refractivity contribution in [2.75, 3.05) is 6.61 Å². The first-order chi connectivity index (χ1) is 7.72. The number of ketones is 1.